The van der Waals surface area contributed by atoms with Gasteiger partial charge in [0.05, 0.1) is 11.3 Å². The molecule has 1 aromatic carbocycles. The monoisotopic (exact) mass is 240 g/mol. The highest BCUT2D eigenvalue weighted by atomic mass is 19.4. The molecule has 2 rings (SSSR count). The number of alkyl halides is 3. The molecule has 1 heterocycles. The van der Waals surface area contributed by atoms with E-state index in [2.05, 4.69) is 5.10 Å². The van der Waals surface area contributed by atoms with Gasteiger partial charge < -0.3 is 0 Å². The molecule has 0 fully saturated rings. The van der Waals surface area contributed by atoms with Gasteiger partial charge in [0.25, 0.3) is 0 Å². The van der Waals surface area contributed by atoms with Gasteiger partial charge in [-0.1, -0.05) is 25.1 Å². The van der Waals surface area contributed by atoms with Crippen LogP contribution >= 0.6 is 0 Å². The van der Waals surface area contributed by atoms with Crippen LogP contribution in [0.2, 0.25) is 0 Å². The number of rotatable bonds is 1. The maximum Gasteiger partial charge on any atom is 0.414 e. The standard InChI is InChI=1S/C12H11F3N2/c1-9-7-16-17(8-11(9)12(13,14)15)10-5-3-2-4-6-10/h2-9H,1H3/t9-/m1/s1. The van der Waals surface area contributed by atoms with Gasteiger partial charge in [-0.25, -0.2) is 5.01 Å². The van der Waals surface area contributed by atoms with Gasteiger partial charge in [-0.3, -0.25) is 0 Å². The van der Waals surface area contributed by atoms with E-state index in [9.17, 15) is 13.2 Å². The molecule has 0 radical (unpaired) electrons. The molecule has 5 heteroatoms. The number of nitrogens with zero attached hydrogens (tertiary/aromatic N) is 2. The smallest absolute Gasteiger partial charge is 0.241 e. The Bertz CT molecular complexity index is 449. The molecule has 0 N–H and O–H groups in total. The van der Waals surface area contributed by atoms with E-state index in [1.807, 2.05) is 0 Å². The zero-order chi connectivity index (χ0) is 12.5. The van der Waals surface area contributed by atoms with Crippen molar-refractivity contribution in [2.24, 2.45) is 11.0 Å². The SMILES string of the molecule is C[C@@H]1C=NN(c2ccccc2)C=C1C(F)(F)F. The summed E-state index contributed by atoms with van der Waals surface area (Å²) < 4.78 is 38.2. The molecular weight excluding hydrogens is 229 g/mol. The van der Waals surface area contributed by atoms with Crippen LogP contribution in [0.15, 0.2) is 47.2 Å². The number of hydrogen-bond donors (Lipinski definition) is 0. The van der Waals surface area contributed by atoms with Gasteiger partial charge in [-0.2, -0.15) is 18.3 Å². The summed E-state index contributed by atoms with van der Waals surface area (Å²) in [7, 11) is 0. The molecule has 90 valence electrons. The Hall–Kier alpha value is -1.78. The van der Waals surface area contributed by atoms with E-state index in [-0.39, 0.29) is 0 Å². The maximum absolute atomic E-state index is 12.7. The first kappa shape index (κ1) is 11.7. The van der Waals surface area contributed by atoms with E-state index < -0.39 is 17.7 Å². The van der Waals surface area contributed by atoms with E-state index in [4.69, 9.17) is 0 Å². The Balaban J connectivity index is 2.33. The molecule has 0 saturated carbocycles. The largest absolute Gasteiger partial charge is 0.414 e. The molecule has 1 atom stereocenters. The minimum absolute atomic E-state index is 0.587. The van der Waals surface area contributed by atoms with Gasteiger partial charge in [0.15, 0.2) is 0 Å². The predicted molar refractivity (Wildman–Crippen MR) is 60.7 cm³/mol. The summed E-state index contributed by atoms with van der Waals surface area (Å²) in [6, 6.07) is 8.72. The van der Waals surface area contributed by atoms with Gasteiger partial charge in [-0.15, -0.1) is 0 Å². The molecule has 0 aliphatic carbocycles. The molecule has 1 aliphatic heterocycles. The molecule has 0 bridgehead atoms. The number of halogens is 3. The second-order valence-electron chi connectivity index (χ2n) is 3.82. The zero-order valence-electron chi connectivity index (χ0n) is 9.15. The van der Waals surface area contributed by atoms with E-state index >= 15 is 0 Å². The molecule has 0 spiro atoms. The fourth-order valence-electron chi connectivity index (χ4n) is 1.59. The van der Waals surface area contributed by atoms with Crippen LogP contribution in [0.1, 0.15) is 6.92 Å². The normalized spacial score (nSPS) is 20.4. The van der Waals surface area contributed by atoms with Gasteiger partial charge in [0, 0.05) is 18.3 Å². The molecule has 0 aromatic heterocycles. The Kier molecular flexibility index (Phi) is 2.92. The number of allylic oxidation sites excluding steroid dienone is 1. The Labute approximate surface area is 97.0 Å². The van der Waals surface area contributed by atoms with Crippen LogP contribution in [0.4, 0.5) is 18.9 Å². The number of benzene rings is 1. The van der Waals surface area contributed by atoms with Crippen LogP contribution in [-0.2, 0) is 0 Å². The van der Waals surface area contributed by atoms with Gasteiger partial charge in [0.1, 0.15) is 0 Å². The van der Waals surface area contributed by atoms with E-state index in [1.54, 1.807) is 30.3 Å². The highest BCUT2D eigenvalue weighted by Crippen LogP contribution is 2.34. The van der Waals surface area contributed by atoms with Crippen molar-refractivity contribution in [1.29, 1.82) is 0 Å². The van der Waals surface area contributed by atoms with Crippen molar-refractivity contribution < 1.29 is 13.2 Å². The molecule has 0 unspecified atom stereocenters. The number of hydrazone groups is 1. The maximum atomic E-state index is 12.7. The van der Waals surface area contributed by atoms with Crippen LogP contribution < -0.4 is 5.01 Å². The van der Waals surface area contributed by atoms with Crippen LogP contribution in [0, 0.1) is 5.92 Å². The summed E-state index contributed by atoms with van der Waals surface area (Å²) >= 11 is 0. The first-order valence-electron chi connectivity index (χ1n) is 5.16. The molecule has 1 aliphatic rings. The lowest BCUT2D eigenvalue weighted by molar-refractivity contribution is -0.0962. The average Bonchev–Trinajstić information content (AvgIpc) is 2.29. The lowest BCUT2D eigenvalue weighted by Crippen LogP contribution is -2.27. The van der Waals surface area contributed by atoms with Gasteiger partial charge in [-0.05, 0) is 12.1 Å². The minimum Gasteiger partial charge on any atom is -0.241 e. The van der Waals surface area contributed by atoms with Crippen molar-refractivity contribution in [2.75, 3.05) is 5.01 Å². The molecule has 1 aromatic rings. The van der Waals surface area contributed by atoms with Crippen molar-refractivity contribution in [2.45, 2.75) is 13.1 Å². The lowest BCUT2D eigenvalue weighted by Gasteiger charge is -2.25. The highest BCUT2D eigenvalue weighted by molar-refractivity contribution is 5.70. The zero-order valence-corrected chi connectivity index (χ0v) is 9.15. The summed E-state index contributed by atoms with van der Waals surface area (Å²) in [5, 5.41) is 5.22. The van der Waals surface area contributed by atoms with Crippen LogP contribution in [0.5, 0.6) is 0 Å². The summed E-state index contributed by atoms with van der Waals surface area (Å²) in [6.07, 6.45) is -1.98. The summed E-state index contributed by atoms with van der Waals surface area (Å²) in [5.74, 6) is -0.713. The third kappa shape index (κ3) is 2.49. The molecule has 17 heavy (non-hydrogen) atoms. The van der Waals surface area contributed by atoms with E-state index in [1.165, 1.54) is 18.1 Å². The van der Waals surface area contributed by atoms with Crippen LogP contribution in [0.25, 0.3) is 0 Å². The highest BCUT2D eigenvalue weighted by Gasteiger charge is 2.38. The van der Waals surface area contributed by atoms with Crippen molar-refractivity contribution in [1.82, 2.24) is 0 Å². The number of para-hydroxylation sites is 1. The Morgan fingerprint density at radius 3 is 2.41 bits per heavy atom. The summed E-state index contributed by atoms with van der Waals surface area (Å²) in [5.41, 5.74) is 0.0220. The lowest BCUT2D eigenvalue weighted by atomic mass is 10.0. The number of anilines is 1. The summed E-state index contributed by atoms with van der Waals surface area (Å²) in [4.78, 5) is 0. The van der Waals surface area contributed by atoms with Gasteiger partial charge >= 0.3 is 6.18 Å². The van der Waals surface area contributed by atoms with Crippen LogP contribution in [-0.4, -0.2) is 12.4 Å². The van der Waals surface area contributed by atoms with Crippen LogP contribution in [0.3, 0.4) is 0 Å². The topological polar surface area (TPSA) is 15.6 Å². The average molecular weight is 240 g/mol. The van der Waals surface area contributed by atoms with Crippen molar-refractivity contribution in [3.8, 4) is 0 Å². The fourth-order valence-corrected chi connectivity index (χ4v) is 1.59. The van der Waals surface area contributed by atoms with Gasteiger partial charge in [0.2, 0.25) is 0 Å². The third-order valence-electron chi connectivity index (χ3n) is 2.51. The first-order valence-corrected chi connectivity index (χ1v) is 5.16. The van der Waals surface area contributed by atoms with Crippen molar-refractivity contribution >= 4 is 11.9 Å². The minimum atomic E-state index is -4.32. The summed E-state index contributed by atoms with van der Waals surface area (Å²) in [6.45, 7) is 1.48. The van der Waals surface area contributed by atoms with Crippen molar-refractivity contribution in [3.63, 3.8) is 0 Å². The van der Waals surface area contributed by atoms with E-state index in [0.717, 1.165) is 6.20 Å². The first-order chi connectivity index (χ1) is 7.98. The van der Waals surface area contributed by atoms with E-state index in [0.29, 0.717) is 5.69 Å². The third-order valence-corrected chi connectivity index (χ3v) is 2.51. The Morgan fingerprint density at radius 1 is 1.18 bits per heavy atom. The van der Waals surface area contributed by atoms with Crippen molar-refractivity contribution in [3.05, 3.63) is 42.1 Å². The Morgan fingerprint density at radius 2 is 1.82 bits per heavy atom. The number of hydrogen-bond acceptors (Lipinski definition) is 2. The molecule has 0 saturated heterocycles. The molecule has 0 amide bonds. The second kappa shape index (κ2) is 4.24. The quantitative estimate of drug-likeness (QED) is 0.732. The molecule has 2 nitrogen and oxygen atoms in total. The fraction of sp³-hybridized carbons (Fsp3) is 0.250. The molecular formula is C12H11F3N2. The second-order valence-corrected chi connectivity index (χ2v) is 3.82. The predicted octanol–water partition coefficient (Wildman–Crippen LogP) is 3.57.